The van der Waals surface area contributed by atoms with Crippen LogP contribution in [0.2, 0.25) is 5.02 Å². The molecule has 1 N–H and O–H groups in total. The minimum Gasteiger partial charge on any atom is -0.345 e. The molecule has 1 amide bonds. The van der Waals surface area contributed by atoms with Gasteiger partial charge in [-0.3, -0.25) is 4.79 Å². The van der Waals surface area contributed by atoms with Gasteiger partial charge in [0, 0.05) is 16.5 Å². The van der Waals surface area contributed by atoms with Crippen molar-refractivity contribution >= 4 is 35.7 Å². The van der Waals surface area contributed by atoms with Crippen LogP contribution in [0.5, 0.6) is 0 Å². The lowest BCUT2D eigenvalue weighted by molar-refractivity contribution is -0.127. The molecule has 4 nitrogen and oxygen atoms in total. The number of aldehydes is 1. The van der Waals surface area contributed by atoms with Gasteiger partial charge in [-0.15, -0.1) is 0 Å². The normalized spacial score (nSPS) is 17.8. The average molecular weight is 417 g/mol. The highest BCUT2D eigenvalue weighted by Crippen LogP contribution is 2.37. The van der Waals surface area contributed by atoms with Crippen molar-refractivity contribution in [3.63, 3.8) is 0 Å². The lowest BCUT2D eigenvalue weighted by Gasteiger charge is -2.36. The van der Waals surface area contributed by atoms with Crippen molar-refractivity contribution in [3.05, 3.63) is 64.7 Å². The molecular weight excluding hydrogens is 392 g/mol. The Labute approximate surface area is 175 Å². The van der Waals surface area contributed by atoms with Crippen LogP contribution in [0, 0.1) is 5.92 Å². The van der Waals surface area contributed by atoms with Crippen molar-refractivity contribution in [2.75, 3.05) is 6.54 Å². The number of halogens is 1. The summed E-state index contributed by atoms with van der Waals surface area (Å²) in [4.78, 5) is 25.8. The Morgan fingerprint density at radius 3 is 2.71 bits per heavy atom. The summed E-state index contributed by atoms with van der Waals surface area (Å²) in [5.74, 6) is 0.301. The number of rotatable bonds is 7. The van der Waals surface area contributed by atoms with E-state index >= 15 is 0 Å². The van der Waals surface area contributed by atoms with Gasteiger partial charge in [0.1, 0.15) is 12.3 Å². The second-order valence-electron chi connectivity index (χ2n) is 7.50. The first-order chi connectivity index (χ1) is 13.5. The molecule has 1 unspecified atom stereocenters. The van der Waals surface area contributed by atoms with Gasteiger partial charge in [0.05, 0.1) is 6.04 Å². The molecule has 3 rings (SSSR count). The number of carbonyl (C=O) groups is 2. The van der Waals surface area contributed by atoms with Gasteiger partial charge in [0.2, 0.25) is 5.91 Å². The van der Waals surface area contributed by atoms with Gasteiger partial charge in [0.15, 0.2) is 0 Å². The molecule has 6 heteroatoms. The molecule has 0 saturated heterocycles. The maximum atomic E-state index is 13.1. The second-order valence-corrected chi connectivity index (χ2v) is 9.03. The number of fused-ring (bicyclic) bond motifs is 1. The Kier molecular flexibility index (Phi) is 7.16. The quantitative estimate of drug-likeness (QED) is 0.544. The first-order valence-corrected chi connectivity index (χ1v) is 10.6. The molecule has 0 fully saturated rings. The predicted molar refractivity (Wildman–Crippen MR) is 114 cm³/mol. The van der Waals surface area contributed by atoms with Crippen LogP contribution in [-0.4, -0.2) is 35.1 Å². The van der Waals surface area contributed by atoms with Crippen LogP contribution >= 0.6 is 23.5 Å². The minimum atomic E-state index is -0.540. The van der Waals surface area contributed by atoms with Crippen LogP contribution in [0.25, 0.3) is 0 Å². The molecule has 0 saturated carbocycles. The highest BCUT2D eigenvalue weighted by atomic mass is 35.5. The van der Waals surface area contributed by atoms with E-state index in [-0.39, 0.29) is 11.9 Å². The highest BCUT2D eigenvalue weighted by molar-refractivity contribution is 7.97. The molecular formula is C22H25ClN2O2S. The summed E-state index contributed by atoms with van der Waals surface area (Å²) in [5, 5.41) is 3.61. The number of carbonyl (C=O) groups excluding carboxylic acids is 2. The van der Waals surface area contributed by atoms with Crippen molar-refractivity contribution in [2.24, 2.45) is 5.92 Å². The molecule has 0 aromatic heterocycles. The third-order valence-corrected chi connectivity index (χ3v) is 6.11. The second kappa shape index (κ2) is 9.59. The molecule has 2 atom stereocenters. The molecule has 1 heterocycles. The number of hydrogen-bond acceptors (Lipinski definition) is 4. The van der Waals surface area contributed by atoms with Crippen molar-refractivity contribution in [1.29, 1.82) is 0 Å². The van der Waals surface area contributed by atoms with Crippen LogP contribution in [0.4, 0.5) is 0 Å². The van der Waals surface area contributed by atoms with E-state index < -0.39 is 6.04 Å². The molecule has 0 radical (unpaired) electrons. The summed E-state index contributed by atoms with van der Waals surface area (Å²) in [7, 11) is 0. The number of hydrogen-bond donors (Lipinski definition) is 1. The summed E-state index contributed by atoms with van der Waals surface area (Å²) in [6.07, 6.45) is 1.89. The van der Waals surface area contributed by atoms with Gasteiger partial charge in [-0.05, 0) is 60.0 Å². The maximum Gasteiger partial charge on any atom is 0.239 e. The molecule has 1 aliphatic heterocycles. The van der Waals surface area contributed by atoms with E-state index in [1.807, 2.05) is 48.5 Å². The Hall–Kier alpha value is -1.82. The Morgan fingerprint density at radius 1 is 1.29 bits per heavy atom. The standard InChI is InChI=1S/C22H25ClN2O2S/c1-15(2)13-25-20(12-17-11-18(23)8-9-21(17)28-25)22(27)24-19(14-26)10-16-6-4-3-5-7-16/h3-9,11,14-15,19-20H,10,12-13H2,1-2H3,(H,24,27)/t19-,20?/m0/s1. The predicted octanol–water partition coefficient (Wildman–Crippen LogP) is 4.16. The average Bonchev–Trinajstić information content (AvgIpc) is 2.67. The van der Waals surface area contributed by atoms with Crippen molar-refractivity contribution in [3.8, 4) is 0 Å². The number of benzene rings is 2. The lowest BCUT2D eigenvalue weighted by atomic mass is 10.0. The number of amides is 1. The molecule has 2 aromatic carbocycles. The van der Waals surface area contributed by atoms with Crippen LogP contribution in [0.3, 0.4) is 0 Å². The fourth-order valence-corrected chi connectivity index (χ4v) is 4.83. The molecule has 0 spiro atoms. The molecule has 1 aliphatic rings. The smallest absolute Gasteiger partial charge is 0.239 e. The third-order valence-electron chi connectivity index (χ3n) is 4.64. The minimum absolute atomic E-state index is 0.119. The summed E-state index contributed by atoms with van der Waals surface area (Å²) in [6, 6.07) is 14.7. The number of nitrogens with one attached hydrogen (secondary N) is 1. The Morgan fingerprint density at radius 2 is 2.04 bits per heavy atom. The van der Waals surface area contributed by atoms with Crippen LogP contribution in [0.1, 0.15) is 25.0 Å². The van der Waals surface area contributed by atoms with E-state index in [9.17, 15) is 9.59 Å². The summed E-state index contributed by atoms with van der Waals surface area (Å²) < 4.78 is 2.13. The van der Waals surface area contributed by atoms with Gasteiger partial charge in [-0.2, -0.15) is 0 Å². The van der Waals surface area contributed by atoms with Crippen molar-refractivity contribution < 1.29 is 9.59 Å². The van der Waals surface area contributed by atoms with E-state index in [1.165, 1.54) is 0 Å². The Bertz CT molecular complexity index is 829. The number of nitrogens with zero attached hydrogens (tertiary/aromatic N) is 1. The molecule has 0 bridgehead atoms. The molecule has 28 heavy (non-hydrogen) atoms. The van der Waals surface area contributed by atoms with Gasteiger partial charge in [-0.25, -0.2) is 4.31 Å². The lowest BCUT2D eigenvalue weighted by Crippen LogP contribution is -2.51. The SMILES string of the molecule is CC(C)CN1Sc2ccc(Cl)cc2CC1C(=O)N[C@H](C=O)Cc1ccccc1. The van der Waals surface area contributed by atoms with Gasteiger partial charge in [-0.1, -0.05) is 55.8 Å². The van der Waals surface area contributed by atoms with E-state index in [2.05, 4.69) is 23.5 Å². The molecule has 2 aromatic rings. The largest absolute Gasteiger partial charge is 0.345 e. The van der Waals surface area contributed by atoms with Gasteiger partial charge < -0.3 is 10.1 Å². The Balaban J connectivity index is 1.75. The van der Waals surface area contributed by atoms with Gasteiger partial charge in [0.25, 0.3) is 0 Å². The molecule has 0 aliphatic carbocycles. The fourth-order valence-electron chi connectivity index (χ4n) is 3.32. The summed E-state index contributed by atoms with van der Waals surface area (Å²) in [5.41, 5.74) is 2.09. The van der Waals surface area contributed by atoms with Gasteiger partial charge >= 0.3 is 0 Å². The topological polar surface area (TPSA) is 49.4 Å². The molecule has 148 valence electrons. The zero-order valence-corrected chi connectivity index (χ0v) is 17.7. The van der Waals surface area contributed by atoms with E-state index in [0.717, 1.165) is 28.9 Å². The van der Waals surface area contributed by atoms with E-state index in [1.54, 1.807) is 11.9 Å². The van der Waals surface area contributed by atoms with Crippen molar-refractivity contribution in [1.82, 2.24) is 9.62 Å². The van der Waals surface area contributed by atoms with Crippen LogP contribution in [0.15, 0.2) is 53.4 Å². The first-order valence-electron chi connectivity index (χ1n) is 9.49. The summed E-state index contributed by atoms with van der Waals surface area (Å²) >= 11 is 7.75. The van der Waals surface area contributed by atoms with Crippen LogP contribution in [-0.2, 0) is 22.4 Å². The van der Waals surface area contributed by atoms with Crippen molar-refractivity contribution in [2.45, 2.75) is 43.7 Å². The highest BCUT2D eigenvalue weighted by Gasteiger charge is 2.33. The fraction of sp³-hybridized carbons (Fsp3) is 0.364. The van der Waals surface area contributed by atoms with E-state index in [0.29, 0.717) is 23.8 Å². The summed E-state index contributed by atoms with van der Waals surface area (Å²) in [6.45, 7) is 5.06. The van der Waals surface area contributed by atoms with E-state index in [4.69, 9.17) is 11.6 Å². The zero-order valence-electron chi connectivity index (χ0n) is 16.1. The monoisotopic (exact) mass is 416 g/mol. The zero-order chi connectivity index (χ0) is 20.1. The first kappa shape index (κ1) is 20.9. The maximum absolute atomic E-state index is 13.1. The third kappa shape index (κ3) is 5.37. The van der Waals surface area contributed by atoms with Crippen LogP contribution < -0.4 is 5.32 Å².